The van der Waals surface area contributed by atoms with Crippen molar-refractivity contribution in [3.05, 3.63) is 76.8 Å². The van der Waals surface area contributed by atoms with Crippen LogP contribution in [0.1, 0.15) is 38.3 Å². The number of benzene rings is 1. The Morgan fingerprint density at radius 1 is 1.00 bits per heavy atom. The first-order valence-corrected chi connectivity index (χ1v) is 8.87. The molecular weight excluding hydrogens is 340 g/mol. The Hall–Kier alpha value is -3.28. The molecule has 0 fully saturated rings. The van der Waals surface area contributed by atoms with Crippen LogP contribution in [0.3, 0.4) is 0 Å². The summed E-state index contributed by atoms with van der Waals surface area (Å²) in [5.74, 6) is -0.0164. The molecule has 0 aliphatic heterocycles. The normalized spacial score (nSPS) is 12.0. The summed E-state index contributed by atoms with van der Waals surface area (Å²) in [5.41, 5.74) is 2.91. The first-order valence-electron chi connectivity index (χ1n) is 8.87. The van der Waals surface area contributed by atoms with Crippen LogP contribution in [0.15, 0.2) is 65.7 Å². The highest BCUT2D eigenvalue weighted by Crippen LogP contribution is 2.24. The SMILES string of the molecule is CC(C)c1ccccc1NC(=O)C(C)n1nc(-c2ccncc2)ccc1=O. The van der Waals surface area contributed by atoms with Crippen LogP contribution in [-0.2, 0) is 4.79 Å². The molecule has 0 saturated heterocycles. The smallest absolute Gasteiger partial charge is 0.267 e. The van der Waals surface area contributed by atoms with Crippen molar-refractivity contribution in [1.29, 1.82) is 0 Å². The minimum atomic E-state index is -0.750. The maximum absolute atomic E-state index is 12.8. The molecule has 1 unspecified atom stereocenters. The van der Waals surface area contributed by atoms with Crippen LogP contribution in [0, 0.1) is 0 Å². The average Bonchev–Trinajstić information content (AvgIpc) is 2.68. The molecule has 1 aromatic carbocycles. The molecule has 0 spiro atoms. The number of rotatable bonds is 5. The molecule has 1 amide bonds. The molecule has 0 saturated carbocycles. The van der Waals surface area contributed by atoms with E-state index in [1.807, 2.05) is 24.3 Å². The van der Waals surface area contributed by atoms with E-state index in [9.17, 15) is 9.59 Å². The van der Waals surface area contributed by atoms with Gasteiger partial charge in [-0.3, -0.25) is 14.6 Å². The van der Waals surface area contributed by atoms with Crippen molar-refractivity contribution in [1.82, 2.24) is 14.8 Å². The molecule has 0 aliphatic rings. The molecule has 2 heterocycles. The zero-order valence-electron chi connectivity index (χ0n) is 15.6. The van der Waals surface area contributed by atoms with Gasteiger partial charge in [-0.05, 0) is 42.7 Å². The highest BCUT2D eigenvalue weighted by molar-refractivity contribution is 5.94. The molecule has 6 heteroatoms. The fraction of sp³-hybridized carbons (Fsp3) is 0.238. The fourth-order valence-electron chi connectivity index (χ4n) is 2.84. The third-order valence-corrected chi connectivity index (χ3v) is 4.39. The predicted octanol–water partition coefficient (Wildman–Crippen LogP) is 3.63. The number of hydrogen-bond acceptors (Lipinski definition) is 4. The summed E-state index contributed by atoms with van der Waals surface area (Å²) in [6.45, 7) is 5.80. The summed E-state index contributed by atoms with van der Waals surface area (Å²) in [6, 6.07) is 13.6. The third-order valence-electron chi connectivity index (χ3n) is 4.39. The Labute approximate surface area is 157 Å². The number of hydrogen-bond donors (Lipinski definition) is 1. The number of anilines is 1. The van der Waals surface area contributed by atoms with Crippen molar-refractivity contribution in [3.8, 4) is 11.3 Å². The van der Waals surface area contributed by atoms with Crippen LogP contribution in [0.25, 0.3) is 11.3 Å². The van der Waals surface area contributed by atoms with Gasteiger partial charge in [0.1, 0.15) is 6.04 Å². The van der Waals surface area contributed by atoms with Gasteiger partial charge in [-0.2, -0.15) is 5.10 Å². The van der Waals surface area contributed by atoms with Crippen molar-refractivity contribution < 1.29 is 4.79 Å². The number of carbonyl (C=O) groups excluding carboxylic acids is 1. The van der Waals surface area contributed by atoms with E-state index in [2.05, 4.69) is 29.2 Å². The van der Waals surface area contributed by atoms with Crippen molar-refractivity contribution in [2.75, 3.05) is 5.32 Å². The lowest BCUT2D eigenvalue weighted by Crippen LogP contribution is -2.33. The van der Waals surface area contributed by atoms with E-state index >= 15 is 0 Å². The molecular formula is C21H22N4O2. The topological polar surface area (TPSA) is 76.9 Å². The molecule has 2 aromatic heterocycles. The van der Waals surface area contributed by atoms with Crippen molar-refractivity contribution in [3.63, 3.8) is 0 Å². The summed E-state index contributed by atoms with van der Waals surface area (Å²) >= 11 is 0. The van der Waals surface area contributed by atoms with Gasteiger partial charge >= 0.3 is 0 Å². The Kier molecular flexibility index (Phi) is 5.45. The number of pyridine rings is 1. The zero-order chi connectivity index (χ0) is 19.4. The maximum atomic E-state index is 12.8. The van der Waals surface area contributed by atoms with Crippen LogP contribution in [-0.4, -0.2) is 20.7 Å². The Bertz CT molecular complexity index is 996. The standard InChI is InChI=1S/C21H22N4O2/c1-14(2)17-6-4-5-7-19(17)23-21(27)15(3)25-20(26)9-8-18(24-25)16-10-12-22-13-11-16/h4-15H,1-3H3,(H,23,27). The van der Waals surface area contributed by atoms with Crippen LogP contribution in [0.4, 0.5) is 5.69 Å². The molecule has 1 atom stereocenters. The summed E-state index contributed by atoms with van der Waals surface area (Å²) in [5, 5.41) is 7.31. The second-order valence-electron chi connectivity index (χ2n) is 6.64. The van der Waals surface area contributed by atoms with Crippen molar-refractivity contribution >= 4 is 11.6 Å². The molecule has 0 aliphatic carbocycles. The number of para-hydroxylation sites is 1. The van der Waals surface area contributed by atoms with Crippen LogP contribution >= 0.6 is 0 Å². The molecule has 3 aromatic rings. The van der Waals surface area contributed by atoms with Crippen molar-refractivity contribution in [2.24, 2.45) is 0 Å². The van der Waals surface area contributed by atoms with Crippen LogP contribution in [0.2, 0.25) is 0 Å². The Morgan fingerprint density at radius 3 is 2.41 bits per heavy atom. The molecule has 3 rings (SSSR count). The molecule has 0 radical (unpaired) electrons. The minimum Gasteiger partial charge on any atom is -0.324 e. The van der Waals surface area contributed by atoms with Crippen LogP contribution < -0.4 is 10.9 Å². The van der Waals surface area contributed by atoms with Gasteiger partial charge in [-0.15, -0.1) is 0 Å². The second-order valence-corrected chi connectivity index (χ2v) is 6.64. The summed E-state index contributed by atoms with van der Waals surface area (Å²) < 4.78 is 1.21. The first kappa shape index (κ1) is 18.5. The number of nitrogens with zero attached hydrogens (tertiary/aromatic N) is 3. The lowest BCUT2D eigenvalue weighted by atomic mass is 10.0. The van der Waals surface area contributed by atoms with Gasteiger partial charge in [0, 0.05) is 29.7 Å². The number of nitrogens with one attached hydrogen (secondary N) is 1. The second kappa shape index (κ2) is 7.95. The number of carbonyl (C=O) groups is 1. The first-order chi connectivity index (χ1) is 13.0. The van der Waals surface area contributed by atoms with Gasteiger partial charge in [0.2, 0.25) is 5.91 Å². The Morgan fingerprint density at radius 2 is 1.70 bits per heavy atom. The Balaban J connectivity index is 1.89. The number of aromatic nitrogens is 3. The largest absolute Gasteiger partial charge is 0.324 e. The molecule has 0 bridgehead atoms. The zero-order valence-corrected chi connectivity index (χ0v) is 15.6. The van der Waals surface area contributed by atoms with E-state index in [0.717, 1.165) is 16.8 Å². The lowest BCUT2D eigenvalue weighted by molar-refractivity contribution is -0.119. The van der Waals surface area contributed by atoms with E-state index in [1.165, 1.54) is 10.7 Å². The van der Waals surface area contributed by atoms with Gasteiger partial charge < -0.3 is 5.32 Å². The lowest BCUT2D eigenvalue weighted by Gasteiger charge is -2.18. The molecule has 138 valence electrons. The van der Waals surface area contributed by atoms with E-state index < -0.39 is 6.04 Å². The fourth-order valence-corrected chi connectivity index (χ4v) is 2.84. The van der Waals surface area contributed by atoms with Gasteiger partial charge in [0.25, 0.3) is 5.56 Å². The van der Waals surface area contributed by atoms with E-state index in [4.69, 9.17) is 0 Å². The summed E-state index contributed by atoms with van der Waals surface area (Å²) in [7, 11) is 0. The maximum Gasteiger partial charge on any atom is 0.267 e. The van der Waals surface area contributed by atoms with E-state index in [-0.39, 0.29) is 17.4 Å². The molecule has 1 N–H and O–H groups in total. The number of amides is 1. The highest BCUT2D eigenvalue weighted by atomic mass is 16.2. The van der Waals surface area contributed by atoms with E-state index in [0.29, 0.717) is 5.69 Å². The molecule has 6 nitrogen and oxygen atoms in total. The summed E-state index contributed by atoms with van der Waals surface area (Å²) in [6.07, 6.45) is 3.32. The van der Waals surface area contributed by atoms with Gasteiger partial charge in [-0.1, -0.05) is 32.0 Å². The van der Waals surface area contributed by atoms with Crippen molar-refractivity contribution in [2.45, 2.75) is 32.7 Å². The molecule has 27 heavy (non-hydrogen) atoms. The van der Waals surface area contributed by atoms with Crippen LogP contribution in [0.5, 0.6) is 0 Å². The predicted molar refractivity (Wildman–Crippen MR) is 106 cm³/mol. The minimum absolute atomic E-state index is 0.271. The van der Waals surface area contributed by atoms with Gasteiger partial charge in [0.05, 0.1) is 5.69 Å². The van der Waals surface area contributed by atoms with Gasteiger partial charge in [0.15, 0.2) is 0 Å². The summed E-state index contributed by atoms with van der Waals surface area (Å²) in [4.78, 5) is 29.0. The quantitative estimate of drug-likeness (QED) is 0.752. The van der Waals surface area contributed by atoms with Gasteiger partial charge in [-0.25, -0.2) is 4.68 Å². The van der Waals surface area contributed by atoms with E-state index in [1.54, 1.807) is 37.5 Å². The average molecular weight is 362 g/mol. The highest BCUT2D eigenvalue weighted by Gasteiger charge is 2.19. The monoisotopic (exact) mass is 362 g/mol. The third kappa shape index (κ3) is 4.11.